The van der Waals surface area contributed by atoms with Crippen molar-refractivity contribution in [1.82, 2.24) is 10.0 Å². The number of sulfonamides is 1. The number of hydrogen-bond donors (Lipinski definition) is 3. The number of nitrogens with one attached hydrogen (secondary N) is 2. The molecule has 1 fully saturated rings. The molecular weight excluding hydrogens is 324 g/mol. The van der Waals surface area contributed by atoms with E-state index in [0.717, 1.165) is 18.0 Å². The fraction of sp³-hybridized carbons (Fsp3) is 0.467. The summed E-state index contributed by atoms with van der Waals surface area (Å²) in [5, 5.41) is 13.0. The molecule has 3 N–H and O–H groups in total. The van der Waals surface area contributed by atoms with Gasteiger partial charge in [-0.3, -0.25) is 0 Å². The second-order valence-corrected chi connectivity index (χ2v) is 7.26. The van der Waals surface area contributed by atoms with Gasteiger partial charge in [-0.25, -0.2) is 13.1 Å². The second-order valence-electron chi connectivity index (χ2n) is 5.03. The van der Waals surface area contributed by atoms with Crippen LogP contribution in [0.4, 0.5) is 0 Å². The van der Waals surface area contributed by atoms with Gasteiger partial charge in [-0.1, -0.05) is 35.9 Å². The summed E-state index contributed by atoms with van der Waals surface area (Å²) < 4.78 is 25.5. The van der Waals surface area contributed by atoms with Gasteiger partial charge >= 0.3 is 0 Å². The van der Waals surface area contributed by atoms with Gasteiger partial charge in [-0.2, -0.15) is 0 Å². The summed E-state index contributed by atoms with van der Waals surface area (Å²) in [4.78, 5) is 0. The maximum absolute atomic E-state index is 11.5. The van der Waals surface area contributed by atoms with Crippen molar-refractivity contribution in [2.24, 2.45) is 5.92 Å². The maximum Gasteiger partial charge on any atom is 0.215 e. The van der Waals surface area contributed by atoms with E-state index in [4.69, 9.17) is 16.7 Å². The highest BCUT2D eigenvalue weighted by Gasteiger charge is 2.27. The van der Waals surface area contributed by atoms with Crippen molar-refractivity contribution >= 4 is 21.6 Å². The normalized spacial score (nSPS) is 21.5. The molecule has 0 amide bonds. The Labute approximate surface area is 137 Å². The molecule has 7 heteroatoms. The lowest BCUT2D eigenvalue weighted by Gasteiger charge is -2.31. The van der Waals surface area contributed by atoms with E-state index in [0.29, 0.717) is 6.54 Å². The third-order valence-corrected chi connectivity index (χ3v) is 4.85. The minimum atomic E-state index is -3.29. The molecule has 2 unspecified atom stereocenters. The first-order valence-corrected chi connectivity index (χ1v) is 9.14. The van der Waals surface area contributed by atoms with E-state index in [2.05, 4.69) is 16.6 Å². The van der Waals surface area contributed by atoms with Gasteiger partial charge in [-0.05, 0) is 25.1 Å². The zero-order valence-corrected chi connectivity index (χ0v) is 14.0. The molecular formula is C15H23ClN2O3S. The van der Waals surface area contributed by atoms with Crippen LogP contribution in [0.2, 0.25) is 5.02 Å². The molecule has 5 nitrogen and oxygen atoms in total. The van der Waals surface area contributed by atoms with Crippen molar-refractivity contribution in [2.75, 3.05) is 25.4 Å². The average molecular weight is 347 g/mol. The number of benzene rings is 1. The fourth-order valence-corrected chi connectivity index (χ4v) is 3.41. The molecule has 22 heavy (non-hydrogen) atoms. The van der Waals surface area contributed by atoms with Crippen molar-refractivity contribution in [1.29, 1.82) is 0 Å². The molecule has 1 aromatic rings. The largest absolute Gasteiger partial charge is 0.396 e. The highest BCUT2D eigenvalue weighted by Crippen LogP contribution is 2.12. The minimum absolute atomic E-state index is 0.00541. The Hall–Kier alpha value is -0.920. The number of halogens is 1. The Morgan fingerprint density at radius 1 is 1.41 bits per heavy atom. The monoisotopic (exact) mass is 346 g/mol. The number of aliphatic hydroxyl groups excluding tert-OH is 1. The Morgan fingerprint density at radius 2 is 2.09 bits per heavy atom. The summed E-state index contributed by atoms with van der Waals surface area (Å²) in [7, 11) is -3.29. The van der Waals surface area contributed by atoms with E-state index >= 15 is 0 Å². The molecule has 2 atom stereocenters. The Kier molecular flexibility index (Phi) is 8.67. The molecule has 1 aliphatic heterocycles. The van der Waals surface area contributed by atoms with Crippen molar-refractivity contribution in [3.63, 3.8) is 0 Å². The third kappa shape index (κ3) is 7.38. The zero-order valence-electron chi connectivity index (χ0n) is 12.4. The van der Waals surface area contributed by atoms with Gasteiger partial charge in [0.2, 0.25) is 10.0 Å². The van der Waals surface area contributed by atoms with Crippen LogP contribution in [0.15, 0.2) is 43.0 Å². The van der Waals surface area contributed by atoms with Crippen LogP contribution in [0.1, 0.15) is 6.42 Å². The molecule has 1 aromatic carbocycles. The van der Waals surface area contributed by atoms with Gasteiger partial charge in [0.05, 0.1) is 5.75 Å². The topological polar surface area (TPSA) is 78.4 Å². The van der Waals surface area contributed by atoms with Gasteiger partial charge in [0.1, 0.15) is 0 Å². The first-order valence-electron chi connectivity index (χ1n) is 7.11. The van der Waals surface area contributed by atoms with Crippen LogP contribution in [0, 0.1) is 5.92 Å². The van der Waals surface area contributed by atoms with Crippen LogP contribution < -0.4 is 10.0 Å². The van der Waals surface area contributed by atoms with Crippen LogP contribution in [0.3, 0.4) is 0 Å². The lowest BCUT2D eigenvalue weighted by atomic mass is 9.94. The SMILES string of the molecule is C=CCS(=O)(=O)NC1CNCCC1CO.Clc1ccccc1. The first-order chi connectivity index (χ1) is 10.5. The lowest BCUT2D eigenvalue weighted by molar-refractivity contribution is 0.171. The maximum atomic E-state index is 11.5. The first kappa shape index (κ1) is 19.1. The van der Waals surface area contributed by atoms with E-state index in [-0.39, 0.29) is 24.3 Å². The summed E-state index contributed by atoms with van der Waals surface area (Å²) in [6, 6.07) is 9.23. The predicted molar refractivity (Wildman–Crippen MR) is 90.4 cm³/mol. The summed E-state index contributed by atoms with van der Waals surface area (Å²) in [6.07, 6.45) is 2.14. The zero-order chi connectivity index (χ0) is 16.4. The van der Waals surface area contributed by atoms with E-state index in [1.807, 2.05) is 30.3 Å². The van der Waals surface area contributed by atoms with E-state index in [1.165, 1.54) is 6.08 Å². The minimum Gasteiger partial charge on any atom is -0.396 e. The molecule has 2 rings (SSSR count). The highest BCUT2D eigenvalue weighted by atomic mass is 35.5. The Morgan fingerprint density at radius 3 is 2.59 bits per heavy atom. The van der Waals surface area contributed by atoms with E-state index < -0.39 is 10.0 Å². The van der Waals surface area contributed by atoms with Gasteiger partial charge in [0, 0.05) is 30.1 Å². The van der Waals surface area contributed by atoms with Crippen molar-refractivity contribution in [3.8, 4) is 0 Å². The van der Waals surface area contributed by atoms with E-state index in [9.17, 15) is 8.42 Å². The third-order valence-electron chi connectivity index (χ3n) is 3.26. The molecule has 1 heterocycles. The number of hydrogen-bond acceptors (Lipinski definition) is 4. The molecule has 1 aliphatic rings. The standard InChI is InChI=1S/C9H18N2O3S.C6H5Cl/c1-2-5-15(13,14)11-9-6-10-4-3-8(9)7-12;7-6-4-2-1-3-5-6/h2,8-12H,1,3-7H2;1-5H. The molecule has 0 radical (unpaired) electrons. The van der Waals surface area contributed by atoms with Gasteiger partial charge in [0.25, 0.3) is 0 Å². The van der Waals surface area contributed by atoms with Crippen LogP contribution in [-0.2, 0) is 10.0 Å². The highest BCUT2D eigenvalue weighted by molar-refractivity contribution is 7.89. The van der Waals surface area contributed by atoms with Crippen molar-refractivity contribution in [2.45, 2.75) is 12.5 Å². The molecule has 0 spiro atoms. The van der Waals surface area contributed by atoms with Gasteiger partial charge in [0.15, 0.2) is 0 Å². The van der Waals surface area contributed by atoms with Gasteiger partial charge < -0.3 is 10.4 Å². The number of piperidine rings is 1. The van der Waals surface area contributed by atoms with Crippen LogP contribution in [0.5, 0.6) is 0 Å². The molecule has 0 aliphatic carbocycles. The summed E-state index contributed by atoms with van der Waals surface area (Å²) in [5.74, 6) is -0.0763. The van der Waals surface area contributed by atoms with Crippen LogP contribution in [-0.4, -0.2) is 45.0 Å². The lowest BCUT2D eigenvalue weighted by Crippen LogP contribution is -2.52. The second kappa shape index (κ2) is 9.97. The summed E-state index contributed by atoms with van der Waals surface area (Å²) in [5.41, 5.74) is 0. The molecule has 1 saturated heterocycles. The number of rotatable bonds is 5. The smallest absolute Gasteiger partial charge is 0.215 e. The number of aliphatic hydroxyl groups is 1. The van der Waals surface area contributed by atoms with Crippen molar-refractivity contribution in [3.05, 3.63) is 48.0 Å². The van der Waals surface area contributed by atoms with Gasteiger partial charge in [-0.15, -0.1) is 6.58 Å². The van der Waals surface area contributed by atoms with Crippen LogP contribution in [0.25, 0.3) is 0 Å². The van der Waals surface area contributed by atoms with E-state index in [1.54, 1.807) is 0 Å². The molecule has 0 aromatic heterocycles. The Balaban J connectivity index is 0.000000287. The molecule has 0 saturated carbocycles. The average Bonchev–Trinajstić information content (AvgIpc) is 2.49. The fourth-order valence-electron chi connectivity index (χ4n) is 2.12. The quantitative estimate of drug-likeness (QED) is 0.704. The Bertz CT molecular complexity index is 537. The molecule has 0 bridgehead atoms. The van der Waals surface area contributed by atoms with Crippen molar-refractivity contribution < 1.29 is 13.5 Å². The molecule has 124 valence electrons. The summed E-state index contributed by atoms with van der Waals surface area (Å²) >= 11 is 5.54. The predicted octanol–water partition coefficient (Wildman–Crippen LogP) is 1.40. The van der Waals surface area contributed by atoms with Crippen LogP contribution >= 0.6 is 11.6 Å². The summed E-state index contributed by atoms with van der Waals surface area (Å²) in [6.45, 7) is 4.81.